The first kappa shape index (κ1) is 20.7. The van der Waals surface area contributed by atoms with Crippen LogP contribution < -0.4 is 15.5 Å². The summed E-state index contributed by atoms with van der Waals surface area (Å²) in [7, 11) is 0. The summed E-state index contributed by atoms with van der Waals surface area (Å²) in [6, 6.07) is 10.9. The molecule has 6 rings (SSSR count). The molecule has 5 heterocycles. The van der Waals surface area contributed by atoms with Crippen molar-refractivity contribution in [2.45, 2.75) is 26.4 Å². The number of carbonyl (C=O) groups excluding carboxylic acids is 1. The minimum absolute atomic E-state index is 0.181. The second kappa shape index (κ2) is 8.18. The highest BCUT2D eigenvalue weighted by molar-refractivity contribution is 5.96. The summed E-state index contributed by atoms with van der Waals surface area (Å²) >= 11 is 0. The predicted molar refractivity (Wildman–Crippen MR) is 131 cm³/mol. The molecular formula is C25H27N7O2. The van der Waals surface area contributed by atoms with Crippen molar-refractivity contribution in [3.8, 4) is 11.5 Å². The number of furan rings is 1. The van der Waals surface area contributed by atoms with Crippen LogP contribution in [0.4, 0.5) is 17.2 Å². The van der Waals surface area contributed by atoms with Crippen molar-refractivity contribution in [1.29, 1.82) is 0 Å². The Morgan fingerprint density at radius 1 is 1.09 bits per heavy atom. The van der Waals surface area contributed by atoms with Gasteiger partial charge in [0.1, 0.15) is 5.69 Å². The Morgan fingerprint density at radius 2 is 1.88 bits per heavy atom. The molecule has 1 aromatic carbocycles. The molecule has 3 aromatic heterocycles. The van der Waals surface area contributed by atoms with Gasteiger partial charge in [0, 0.05) is 68.1 Å². The van der Waals surface area contributed by atoms with E-state index in [1.807, 2.05) is 16.7 Å². The zero-order valence-corrected chi connectivity index (χ0v) is 19.3. The predicted octanol–water partition coefficient (Wildman–Crippen LogP) is 3.51. The van der Waals surface area contributed by atoms with E-state index in [0.29, 0.717) is 35.6 Å². The SMILES string of the molecule is CC(C)N1CCN(c2ccc(Nc3ncc(-c4cc5c(o4)C(=O)NC5)n4ccnc34)cc2)CC1. The first-order chi connectivity index (χ1) is 16.6. The number of benzene rings is 1. The lowest BCUT2D eigenvalue weighted by Gasteiger charge is -2.38. The van der Waals surface area contributed by atoms with Crippen molar-refractivity contribution in [2.75, 3.05) is 36.4 Å². The number of rotatable bonds is 5. The Balaban J connectivity index is 1.21. The van der Waals surface area contributed by atoms with Gasteiger partial charge >= 0.3 is 0 Å². The summed E-state index contributed by atoms with van der Waals surface area (Å²) in [6.45, 7) is 9.27. The Bertz CT molecular complexity index is 1350. The Hall–Kier alpha value is -3.85. The number of nitrogens with zero attached hydrogens (tertiary/aromatic N) is 5. The van der Waals surface area contributed by atoms with Crippen LogP contribution in [0.5, 0.6) is 0 Å². The first-order valence-corrected chi connectivity index (χ1v) is 11.7. The standard InChI is InChI=1S/C25H27N7O2/c1-16(2)30-9-11-31(12-10-30)19-5-3-18(4-6-19)29-23-24-26-7-8-32(24)20(15-27-23)21-13-17-14-28-25(33)22(17)34-21/h3-8,13,15-16H,9-12,14H2,1-2H3,(H,27,29)(H,28,33). The van der Waals surface area contributed by atoms with Gasteiger partial charge in [-0.05, 0) is 44.2 Å². The van der Waals surface area contributed by atoms with Crippen molar-refractivity contribution in [3.63, 3.8) is 0 Å². The van der Waals surface area contributed by atoms with Crippen LogP contribution in [0, 0.1) is 0 Å². The average molecular weight is 458 g/mol. The monoisotopic (exact) mass is 457 g/mol. The number of hydrogen-bond donors (Lipinski definition) is 2. The molecule has 9 nitrogen and oxygen atoms in total. The van der Waals surface area contributed by atoms with Crippen LogP contribution in [0.2, 0.25) is 0 Å². The fourth-order valence-electron chi connectivity index (χ4n) is 4.71. The van der Waals surface area contributed by atoms with Gasteiger partial charge in [0.2, 0.25) is 0 Å². The highest BCUT2D eigenvalue weighted by atomic mass is 16.4. The lowest BCUT2D eigenvalue weighted by molar-refractivity contribution is 0.0941. The summed E-state index contributed by atoms with van der Waals surface area (Å²) < 4.78 is 7.74. The zero-order chi connectivity index (χ0) is 23.2. The fraction of sp³-hybridized carbons (Fsp3) is 0.320. The summed E-state index contributed by atoms with van der Waals surface area (Å²) in [5.41, 5.74) is 4.48. The maximum absolute atomic E-state index is 11.9. The van der Waals surface area contributed by atoms with Crippen LogP contribution in [0.15, 0.2) is 53.3 Å². The molecule has 0 saturated carbocycles. The molecule has 1 fully saturated rings. The molecule has 0 aliphatic carbocycles. The molecule has 0 radical (unpaired) electrons. The molecule has 2 aliphatic rings. The minimum atomic E-state index is -0.181. The lowest BCUT2D eigenvalue weighted by atomic mass is 10.2. The fourth-order valence-corrected chi connectivity index (χ4v) is 4.71. The molecular weight excluding hydrogens is 430 g/mol. The number of hydrogen-bond acceptors (Lipinski definition) is 7. The van der Waals surface area contributed by atoms with E-state index in [1.165, 1.54) is 5.69 Å². The van der Waals surface area contributed by atoms with Crippen LogP contribution in [0.25, 0.3) is 17.1 Å². The van der Waals surface area contributed by atoms with E-state index < -0.39 is 0 Å². The quantitative estimate of drug-likeness (QED) is 0.474. The van der Waals surface area contributed by atoms with Gasteiger partial charge in [-0.3, -0.25) is 14.1 Å². The van der Waals surface area contributed by atoms with E-state index in [2.05, 4.69) is 68.5 Å². The summed E-state index contributed by atoms with van der Waals surface area (Å²) in [4.78, 5) is 26.0. The molecule has 34 heavy (non-hydrogen) atoms. The highest BCUT2D eigenvalue weighted by Gasteiger charge is 2.26. The molecule has 4 aromatic rings. The maximum Gasteiger partial charge on any atom is 0.287 e. The number of nitrogens with one attached hydrogen (secondary N) is 2. The summed E-state index contributed by atoms with van der Waals surface area (Å²) in [5, 5.41) is 6.15. The topological polar surface area (TPSA) is 90.9 Å². The number of fused-ring (bicyclic) bond motifs is 2. The van der Waals surface area contributed by atoms with Crippen molar-refractivity contribution in [1.82, 2.24) is 24.6 Å². The second-order valence-corrected chi connectivity index (χ2v) is 9.05. The normalized spacial score (nSPS) is 16.3. The molecule has 2 N–H and O–H groups in total. The third-order valence-corrected chi connectivity index (χ3v) is 6.67. The average Bonchev–Trinajstić information content (AvgIpc) is 3.58. The van der Waals surface area contributed by atoms with Crippen LogP contribution >= 0.6 is 0 Å². The molecule has 2 aliphatic heterocycles. The van der Waals surface area contributed by atoms with Gasteiger partial charge in [-0.1, -0.05) is 0 Å². The smallest absolute Gasteiger partial charge is 0.287 e. The Labute approximate surface area is 197 Å². The van der Waals surface area contributed by atoms with Crippen molar-refractivity contribution in [2.24, 2.45) is 0 Å². The summed E-state index contributed by atoms with van der Waals surface area (Å²) in [6.07, 6.45) is 5.34. The molecule has 1 saturated heterocycles. The van der Waals surface area contributed by atoms with Crippen LogP contribution in [-0.2, 0) is 6.54 Å². The van der Waals surface area contributed by atoms with Gasteiger partial charge in [-0.2, -0.15) is 0 Å². The molecule has 0 unspecified atom stereocenters. The van der Waals surface area contributed by atoms with E-state index in [0.717, 1.165) is 43.1 Å². The highest BCUT2D eigenvalue weighted by Crippen LogP contribution is 2.30. The molecule has 0 spiro atoms. The van der Waals surface area contributed by atoms with Crippen molar-refractivity contribution < 1.29 is 9.21 Å². The van der Waals surface area contributed by atoms with Gasteiger partial charge < -0.3 is 20.0 Å². The van der Waals surface area contributed by atoms with Gasteiger partial charge in [-0.25, -0.2) is 9.97 Å². The first-order valence-electron chi connectivity index (χ1n) is 11.7. The van der Waals surface area contributed by atoms with Crippen molar-refractivity contribution >= 4 is 28.7 Å². The molecule has 174 valence electrons. The number of imidazole rings is 1. The Morgan fingerprint density at radius 3 is 2.62 bits per heavy atom. The number of carbonyl (C=O) groups is 1. The number of aromatic nitrogens is 3. The lowest BCUT2D eigenvalue weighted by Crippen LogP contribution is -2.48. The second-order valence-electron chi connectivity index (χ2n) is 9.05. The number of anilines is 3. The molecule has 0 bridgehead atoms. The van der Waals surface area contributed by atoms with Gasteiger partial charge in [0.15, 0.2) is 23.0 Å². The Kier molecular flexibility index (Phi) is 4.99. The van der Waals surface area contributed by atoms with E-state index in [1.54, 1.807) is 12.4 Å². The van der Waals surface area contributed by atoms with Crippen LogP contribution in [-0.4, -0.2) is 57.4 Å². The van der Waals surface area contributed by atoms with Gasteiger partial charge in [0.05, 0.1) is 6.20 Å². The minimum Gasteiger partial charge on any atom is -0.449 e. The zero-order valence-electron chi connectivity index (χ0n) is 19.3. The van der Waals surface area contributed by atoms with E-state index >= 15 is 0 Å². The number of piperazine rings is 1. The third kappa shape index (κ3) is 3.58. The van der Waals surface area contributed by atoms with Crippen molar-refractivity contribution in [3.05, 3.63) is 60.2 Å². The van der Waals surface area contributed by atoms with Gasteiger partial charge in [-0.15, -0.1) is 0 Å². The largest absolute Gasteiger partial charge is 0.449 e. The molecule has 1 amide bonds. The third-order valence-electron chi connectivity index (χ3n) is 6.67. The summed E-state index contributed by atoms with van der Waals surface area (Å²) in [5.74, 6) is 1.45. The maximum atomic E-state index is 11.9. The van der Waals surface area contributed by atoms with Crippen LogP contribution in [0.3, 0.4) is 0 Å². The van der Waals surface area contributed by atoms with E-state index in [9.17, 15) is 4.79 Å². The van der Waals surface area contributed by atoms with E-state index in [-0.39, 0.29) is 5.91 Å². The number of amides is 1. The molecule has 0 atom stereocenters. The van der Waals surface area contributed by atoms with Crippen LogP contribution in [0.1, 0.15) is 30.0 Å². The van der Waals surface area contributed by atoms with Gasteiger partial charge in [0.25, 0.3) is 5.91 Å². The van der Waals surface area contributed by atoms with E-state index in [4.69, 9.17) is 4.42 Å². The molecule has 9 heteroatoms.